The van der Waals surface area contributed by atoms with Crippen LogP contribution in [-0.4, -0.2) is 55.0 Å². The van der Waals surface area contributed by atoms with E-state index in [1.807, 2.05) is 4.90 Å². The minimum Gasteiger partial charge on any atom is -0.393 e. The molecule has 2 unspecified atom stereocenters. The topological polar surface area (TPSA) is 61.8 Å². The normalized spacial score (nSPS) is 25.2. The molecule has 2 atom stereocenters. The average molecular weight is 270 g/mol. The number of hydrogen-bond acceptors (Lipinski definition) is 3. The van der Waals surface area contributed by atoms with Gasteiger partial charge in [0.2, 0.25) is 0 Å². The van der Waals surface area contributed by atoms with Gasteiger partial charge in [-0.3, -0.25) is 0 Å². The van der Waals surface area contributed by atoms with Crippen LogP contribution in [0.25, 0.3) is 0 Å². The van der Waals surface area contributed by atoms with Gasteiger partial charge in [0.1, 0.15) is 0 Å². The Balaban J connectivity index is 1.58. The fraction of sp³-hybridized carbons (Fsp3) is 0.929. The highest BCUT2D eigenvalue weighted by Gasteiger charge is 2.26. The molecule has 0 aromatic carbocycles. The van der Waals surface area contributed by atoms with Crippen molar-refractivity contribution in [3.05, 3.63) is 0 Å². The highest BCUT2D eigenvalue weighted by Crippen LogP contribution is 2.28. The zero-order valence-electron chi connectivity index (χ0n) is 11.8. The van der Waals surface area contributed by atoms with Gasteiger partial charge in [0.25, 0.3) is 0 Å². The van der Waals surface area contributed by atoms with Crippen LogP contribution in [0.5, 0.6) is 0 Å². The van der Waals surface area contributed by atoms with Gasteiger partial charge >= 0.3 is 6.03 Å². The first-order valence-corrected chi connectivity index (χ1v) is 7.45. The van der Waals surface area contributed by atoms with Gasteiger partial charge in [-0.15, -0.1) is 0 Å². The summed E-state index contributed by atoms with van der Waals surface area (Å²) in [6.45, 7) is 5.25. The number of nitrogens with one attached hydrogen (secondary N) is 1. The first kappa shape index (κ1) is 14.6. The highest BCUT2D eigenvalue weighted by molar-refractivity contribution is 5.74. The molecule has 0 bridgehead atoms. The maximum Gasteiger partial charge on any atom is 0.317 e. The van der Waals surface area contributed by atoms with E-state index in [0.717, 1.165) is 31.9 Å². The molecule has 1 saturated carbocycles. The molecule has 0 aromatic heterocycles. The molecule has 2 N–H and O–H groups in total. The second-order valence-electron chi connectivity index (χ2n) is 5.84. The molecule has 0 spiro atoms. The number of hydrogen-bond donors (Lipinski definition) is 2. The zero-order chi connectivity index (χ0) is 13.7. The Morgan fingerprint density at radius 1 is 1.47 bits per heavy atom. The summed E-state index contributed by atoms with van der Waals surface area (Å²) < 4.78 is 5.48. The smallest absolute Gasteiger partial charge is 0.317 e. The van der Waals surface area contributed by atoms with Crippen molar-refractivity contribution in [3.63, 3.8) is 0 Å². The minimum absolute atomic E-state index is 0.0274. The number of urea groups is 1. The molecular weight excluding hydrogens is 244 g/mol. The van der Waals surface area contributed by atoms with Crippen LogP contribution in [0.3, 0.4) is 0 Å². The fourth-order valence-corrected chi connectivity index (χ4v) is 2.46. The number of ether oxygens (including phenoxy) is 1. The van der Waals surface area contributed by atoms with Crippen LogP contribution in [0.15, 0.2) is 0 Å². The Kier molecular flexibility index (Phi) is 5.45. The van der Waals surface area contributed by atoms with Crippen molar-refractivity contribution in [2.45, 2.75) is 38.7 Å². The van der Waals surface area contributed by atoms with Gasteiger partial charge in [-0.1, -0.05) is 0 Å². The lowest BCUT2D eigenvalue weighted by Crippen LogP contribution is -2.48. The second kappa shape index (κ2) is 7.10. The van der Waals surface area contributed by atoms with Crippen molar-refractivity contribution in [2.75, 3.05) is 32.8 Å². The number of carbonyl (C=O) groups is 1. The third kappa shape index (κ3) is 4.99. The van der Waals surface area contributed by atoms with E-state index in [1.165, 1.54) is 12.8 Å². The van der Waals surface area contributed by atoms with E-state index in [1.54, 1.807) is 6.92 Å². The molecule has 1 aliphatic carbocycles. The van der Waals surface area contributed by atoms with Gasteiger partial charge in [-0.25, -0.2) is 4.79 Å². The SMILES string of the molecule is CC(O)C1CCCN(C(=O)NCCOCC2CC2)C1. The van der Waals surface area contributed by atoms with Crippen LogP contribution < -0.4 is 5.32 Å². The maximum atomic E-state index is 12.0. The number of aliphatic hydroxyl groups excluding tert-OH is 1. The number of rotatable bonds is 6. The predicted molar refractivity (Wildman–Crippen MR) is 72.9 cm³/mol. The Morgan fingerprint density at radius 3 is 2.95 bits per heavy atom. The lowest BCUT2D eigenvalue weighted by Gasteiger charge is -2.34. The van der Waals surface area contributed by atoms with Crippen LogP contribution in [0.1, 0.15) is 32.6 Å². The molecule has 110 valence electrons. The largest absolute Gasteiger partial charge is 0.393 e. The van der Waals surface area contributed by atoms with Crippen LogP contribution >= 0.6 is 0 Å². The van der Waals surface area contributed by atoms with Crippen molar-refractivity contribution in [2.24, 2.45) is 11.8 Å². The van der Waals surface area contributed by atoms with Crippen molar-refractivity contribution in [3.8, 4) is 0 Å². The summed E-state index contributed by atoms with van der Waals surface area (Å²) in [6.07, 6.45) is 4.23. The van der Waals surface area contributed by atoms with Gasteiger partial charge in [-0.2, -0.15) is 0 Å². The third-order valence-corrected chi connectivity index (χ3v) is 4.00. The van der Waals surface area contributed by atoms with E-state index < -0.39 is 0 Å². The van der Waals surface area contributed by atoms with Crippen LogP contribution in [0, 0.1) is 11.8 Å². The number of amides is 2. The number of nitrogens with zero attached hydrogens (tertiary/aromatic N) is 1. The zero-order valence-corrected chi connectivity index (χ0v) is 11.8. The van der Waals surface area contributed by atoms with Crippen LogP contribution in [0.2, 0.25) is 0 Å². The van der Waals surface area contributed by atoms with E-state index in [4.69, 9.17) is 4.74 Å². The molecule has 2 fully saturated rings. The Hall–Kier alpha value is -0.810. The highest BCUT2D eigenvalue weighted by atomic mass is 16.5. The summed E-state index contributed by atoms with van der Waals surface area (Å²) in [4.78, 5) is 13.8. The van der Waals surface area contributed by atoms with E-state index in [0.29, 0.717) is 19.7 Å². The molecular formula is C14H26N2O3. The van der Waals surface area contributed by atoms with Gasteiger partial charge in [0, 0.05) is 32.2 Å². The standard InChI is InChI=1S/C14H26N2O3/c1-11(17)13-3-2-7-16(9-13)14(18)15-6-8-19-10-12-4-5-12/h11-13,17H,2-10H2,1H3,(H,15,18). The number of piperidine rings is 1. The second-order valence-corrected chi connectivity index (χ2v) is 5.84. The maximum absolute atomic E-state index is 12.0. The average Bonchev–Trinajstić information content (AvgIpc) is 3.22. The van der Waals surface area contributed by atoms with Gasteiger partial charge < -0.3 is 20.1 Å². The Morgan fingerprint density at radius 2 is 2.26 bits per heavy atom. The minimum atomic E-state index is -0.336. The molecule has 2 aliphatic rings. The molecule has 2 rings (SSSR count). The molecule has 2 amide bonds. The van der Waals surface area contributed by atoms with Gasteiger partial charge in [-0.05, 0) is 38.5 Å². The fourth-order valence-electron chi connectivity index (χ4n) is 2.46. The summed E-state index contributed by atoms with van der Waals surface area (Å²) in [7, 11) is 0. The quantitative estimate of drug-likeness (QED) is 0.713. The number of carbonyl (C=O) groups excluding carboxylic acids is 1. The molecule has 1 saturated heterocycles. The Bertz CT molecular complexity index is 292. The van der Waals surface area contributed by atoms with Gasteiger partial charge in [0.15, 0.2) is 0 Å². The van der Waals surface area contributed by atoms with E-state index in [9.17, 15) is 9.90 Å². The van der Waals surface area contributed by atoms with E-state index >= 15 is 0 Å². The molecule has 5 nitrogen and oxygen atoms in total. The summed E-state index contributed by atoms with van der Waals surface area (Å²) >= 11 is 0. The van der Waals surface area contributed by atoms with Crippen molar-refractivity contribution < 1.29 is 14.6 Å². The monoisotopic (exact) mass is 270 g/mol. The van der Waals surface area contributed by atoms with Crippen LogP contribution in [-0.2, 0) is 4.74 Å². The molecule has 0 aromatic rings. The lowest BCUT2D eigenvalue weighted by atomic mass is 9.94. The summed E-state index contributed by atoms with van der Waals surface area (Å²) in [6, 6.07) is -0.0274. The number of likely N-dealkylation sites (tertiary alicyclic amines) is 1. The summed E-state index contributed by atoms with van der Waals surface area (Å²) in [5.41, 5.74) is 0. The molecule has 5 heteroatoms. The van der Waals surface area contributed by atoms with Crippen molar-refractivity contribution in [1.82, 2.24) is 10.2 Å². The first-order chi connectivity index (χ1) is 9.16. The number of aliphatic hydroxyl groups is 1. The van der Waals surface area contributed by atoms with Crippen LogP contribution in [0.4, 0.5) is 4.79 Å². The lowest BCUT2D eigenvalue weighted by molar-refractivity contribution is 0.0727. The molecule has 0 radical (unpaired) electrons. The van der Waals surface area contributed by atoms with E-state index in [-0.39, 0.29) is 18.1 Å². The summed E-state index contributed by atoms with van der Waals surface area (Å²) in [5.74, 6) is 0.982. The predicted octanol–water partition coefficient (Wildman–Crippen LogP) is 1.22. The van der Waals surface area contributed by atoms with Crippen molar-refractivity contribution >= 4 is 6.03 Å². The molecule has 1 aliphatic heterocycles. The van der Waals surface area contributed by atoms with Crippen molar-refractivity contribution in [1.29, 1.82) is 0 Å². The summed E-state index contributed by atoms with van der Waals surface area (Å²) in [5, 5.41) is 12.5. The molecule has 19 heavy (non-hydrogen) atoms. The third-order valence-electron chi connectivity index (χ3n) is 4.00. The van der Waals surface area contributed by atoms with E-state index in [2.05, 4.69) is 5.32 Å². The molecule has 1 heterocycles. The Labute approximate surface area is 115 Å². The first-order valence-electron chi connectivity index (χ1n) is 7.45. The van der Waals surface area contributed by atoms with Gasteiger partial charge in [0.05, 0.1) is 12.7 Å².